The molecule has 7 rings (SSSR count). The van der Waals surface area contributed by atoms with Crippen LogP contribution in [0.3, 0.4) is 0 Å². The van der Waals surface area contributed by atoms with E-state index in [1.54, 1.807) is 0 Å². The van der Waals surface area contributed by atoms with Gasteiger partial charge in [0.05, 0.1) is 22.4 Å². The molecule has 5 nitrogen and oxygen atoms in total. The van der Waals surface area contributed by atoms with Crippen molar-refractivity contribution in [2.24, 2.45) is 5.41 Å². The fraction of sp³-hybridized carbons (Fsp3) is 0.256. The minimum absolute atomic E-state index is 0.377. The molecule has 7 aromatic rings. The van der Waals surface area contributed by atoms with E-state index >= 15 is 0 Å². The first-order chi connectivity index (χ1) is 23.1. The van der Waals surface area contributed by atoms with Gasteiger partial charge in [0.15, 0.2) is 0 Å². The van der Waals surface area contributed by atoms with Crippen molar-refractivity contribution in [1.29, 1.82) is 0 Å². The summed E-state index contributed by atoms with van der Waals surface area (Å²) in [5, 5.41) is 7.35. The summed E-state index contributed by atoms with van der Waals surface area (Å²) in [5.41, 5.74) is 10.6. The largest absolute Gasteiger partial charge is 0.457 e. The van der Waals surface area contributed by atoms with Gasteiger partial charge in [0.2, 0.25) is 0 Å². The Kier molecular flexibility index (Phi) is 8.38. The summed E-state index contributed by atoms with van der Waals surface area (Å²) in [6.45, 7) is 13.3. The first kappa shape index (κ1) is 31.4. The molecule has 3 heterocycles. The maximum Gasteiger partial charge on any atom is 0.137 e. The number of benzene rings is 4. The van der Waals surface area contributed by atoms with E-state index in [2.05, 4.69) is 125 Å². The summed E-state index contributed by atoms with van der Waals surface area (Å²) in [7, 11) is 0. The van der Waals surface area contributed by atoms with Crippen molar-refractivity contribution in [2.45, 2.75) is 67.2 Å². The molecule has 0 aliphatic heterocycles. The number of nitrogens with zero attached hydrogens (tertiary/aromatic N) is 4. The van der Waals surface area contributed by atoms with E-state index in [0.717, 1.165) is 57.4 Å². The summed E-state index contributed by atoms with van der Waals surface area (Å²) in [6.07, 6.45) is 6.66. The first-order valence-corrected chi connectivity index (χ1v) is 17.0. The molecule has 0 amide bonds. The van der Waals surface area contributed by atoms with Gasteiger partial charge in [0.25, 0.3) is 0 Å². The van der Waals surface area contributed by atoms with Crippen molar-refractivity contribution in [3.8, 4) is 34.1 Å². The number of fused-ring (bicyclic) bond motifs is 3. The fourth-order valence-corrected chi connectivity index (χ4v) is 6.87. The van der Waals surface area contributed by atoms with Crippen LogP contribution in [0, 0.1) is 26.2 Å². The predicted molar refractivity (Wildman–Crippen MR) is 199 cm³/mol. The van der Waals surface area contributed by atoms with Gasteiger partial charge in [-0.05, 0) is 111 Å². The van der Waals surface area contributed by atoms with E-state index in [1.807, 2.05) is 35.1 Å². The second-order valence-corrected chi connectivity index (χ2v) is 14.2. The van der Waals surface area contributed by atoms with Crippen LogP contribution in [-0.2, 0) is 6.42 Å². The van der Waals surface area contributed by atoms with Crippen molar-refractivity contribution in [3.05, 3.63) is 132 Å². The molecule has 0 N–H and O–H groups in total. The fourth-order valence-electron chi connectivity index (χ4n) is 6.87. The second kappa shape index (κ2) is 12.8. The maximum atomic E-state index is 6.56. The lowest BCUT2D eigenvalue weighted by Crippen LogP contribution is -2.04. The molecule has 0 atom stereocenters. The Balaban J connectivity index is 1.24. The molecule has 0 aliphatic carbocycles. The predicted octanol–water partition coefficient (Wildman–Crippen LogP) is 11.5. The van der Waals surface area contributed by atoms with Crippen LogP contribution in [0.4, 0.5) is 0 Å². The third kappa shape index (κ3) is 6.37. The minimum Gasteiger partial charge on any atom is -0.457 e. The van der Waals surface area contributed by atoms with Gasteiger partial charge in [-0.2, -0.15) is 5.10 Å². The summed E-state index contributed by atoms with van der Waals surface area (Å²) in [6, 6.07) is 36.2. The minimum atomic E-state index is 0.377. The number of rotatable bonds is 9. The summed E-state index contributed by atoms with van der Waals surface area (Å²) >= 11 is 0. The van der Waals surface area contributed by atoms with Crippen LogP contribution < -0.4 is 4.74 Å². The zero-order chi connectivity index (χ0) is 33.4. The topological polar surface area (TPSA) is 44.9 Å². The van der Waals surface area contributed by atoms with Crippen LogP contribution in [0.5, 0.6) is 11.5 Å². The number of aryl methyl sites for hydroxylation is 3. The van der Waals surface area contributed by atoms with E-state index in [-0.39, 0.29) is 0 Å². The van der Waals surface area contributed by atoms with Crippen LogP contribution in [0.1, 0.15) is 62.5 Å². The molecule has 5 heteroatoms. The highest BCUT2D eigenvalue weighted by Crippen LogP contribution is 2.37. The van der Waals surface area contributed by atoms with Gasteiger partial charge in [0, 0.05) is 40.4 Å². The standard InChI is InChI=1S/C43H44N4O/c1-29-22-24-44-41(25-29)46-39-21-18-32(13-10-11-23-43(4,5)6)26-38(39)37-20-19-36(28-40(37)46)48-35-17-12-16-34(27-35)47-31(3)42(30(2)45-47)33-14-8-7-9-15-33/h7-9,12,14-22,24-28H,10-11,13,23H2,1-6H3. The quantitative estimate of drug-likeness (QED) is 0.149. The van der Waals surface area contributed by atoms with Gasteiger partial charge in [-0.15, -0.1) is 0 Å². The van der Waals surface area contributed by atoms with E-state index in [0.29, 0.717) is 5.41 Å². The number of ether oxygens (including phenoxy) is 1. The van der Waals surface area contributed by atoms with Gasteiger partial charge >= 0.3 is 0 Å². The monoisotopic (exact) mass is 632 g/mol. The molecular formula is C43H44N4O. The molecule has 0 aliphatic rings. The van der Waals surface area contributed by atoms with E-state index in [1.165, 1.54) is 46.7 Å². The van der Waals surface area contributed by atoms with Crippen molar-refractivity contribution >= 4 is 21.8 Å². The average molecular weight is 633 g/mol. The Hall–Kier alpha value is -5.16. The molecule has 0 spiro atoms. The molecule has 0 saturated carbocycles. The van der Waals surface area contributed by atoms with Gasteiger partial charge < -0.3 is 4.74 Å². The zero-order valence-corrected chi connectivity index (χ0v) is 28.9. The molecule has 0 unspecified atom stereocenters. The van der Waals surface area contributed by atoms with Gasteiger partial charge in [0.1, 0.15) is 17.3 Å². The highest BCUT2D eigenvalue weighted by molar-refractivity contribution is 6.09. The van der Waals surface area contributed by atoms with Crippen LogP contribution in [-0.4, -0.2) is 19.3 Å². The van der Waals surface area contributed by atoms with E-state index < -0.39 is 0 Å². The highest BCUT2D eigenvalue weighted by Gasteiger charge is 2.17. The van der Waals surface area contributed by atoms with Crippen LogP contribution in [0.2, 0.25) is 0 Å². The second-order valence-electron chi connectivity index (χ2n) is 14.2. The molecule has 242 valence electrons. The molecule has 4 aromatic carbocycles. The summed E-state index contributed by atoms with van der Waals surface area (Å²) in [5.74, 6) is 2.44. The smallest absolute Gasteiger partial charge is 0.137 e. The Morgan fingerprint density at radius 2 is 1.52 bits per heavy atom. The number of hydrogen-bond acceptors (Lipinski definition) is 3. The lowest BCUT2D eigenvalue weighted by Gasteiger charge is -2.17. The summed E-state index contributed by atoms with van der Waals surface area (Å²) < 4.78 is 10.8. The van der Waals surface area contributed by atoms with E-state index in [4.69, 9.17) is 14.8 Å². The lowest BCUT2D eigenvalue weighted by molar-refractivity contribution is 0.360. The number of hydrogen-bond donors (Lipinski definition) is 0. The Morgan fingerprint density at radius 3 is 2.31 bits per heavy atom. The van der Waals surface area contributed by atoms with Gasteiger partial charge in [-0.3, -0.25) is 4.57 Å². The van der Waals surface area contributed by atoms with Crippen LogP contribution in [0.15, 0.2) is 109 Å². The number of unbranched alkanes of at least 4 members (excludes halogenated alkanes) is 1. The molecule has 0 saturated heterocycles. The van der Waals surface area contributed by atoms with Gasteiger partial charge in [-0.25, -0.2) is 9.67 Å². The number of pyridine rings is 1. The number of aromatic nitrogens is 4. The van der Waals surface area contributed by atoms with Crippen molar-refractivity contribution in [2.75, 3.05) is 0 Å². The van der Waals surface area contributed by atoms with Crippen molar-refractivity contribution in [3.63, 3.8) is 0 Å². The van der Waals surface area contributed by atoms with Crippen molar-refractivity contribution < 1.29 is 4.74 Å². The van der Waals surface area contributed by atoms with Gasteiger partial charge in [-0.1, -0.05) is 69.7 Å². The molecule has 48 heavy (non-hydrogen) atoms. The maximum absolute atomic E-state index is 6.56. The Bertz CT molecular complexity index is 2230. The molecule has 0 fully saturated rings. The van der Waals surface area contributed by atoms with Crippen LogP contribution >= 0.6 is 0 Å². The Morgan fingerprint density at radius 1 is 0.708 bits per heavy atom. The Labute approximate surface area is 283 Å². The van der Waals surface area contributed by atoms with Crippen molar-refractivity contribution in [1.82, 2.24) is 19.3 Å². The first-order valence-electron chi connectivity index (χ1n) is 17.0. The third-order valence-corrected chi connectivity index (χ3v) is 9.23. The molecule has 3 aromatic heterocycles. The SMILES string of the molecule is Cc1ccnc(-n2c3ccc(CCCCC(C)(C)C)cc3c3ccc(Oc4cccc(-n5nc(C)c(-c6ccccc6)c5C)c4)cc32)c1. The van der Waals surface area contributed by atoms with Crippen LogP contribution in [0.25, 0.3) is 44.4 Å². The molecule has 0 radical (unpaired) electrons. The highest BCUT2D eigenvalue weighted by atomic mass is 16.5. The normalized spacial score (nSPS) is 11.9. The lowest BCUT2D eigenvalue weighted by atomic mass is 9.89. The zero-order valence-electron chi connectivity index (χ0n) is 28.9. The summed E-state index contributed by atoms with van der Waals surface area (Å²) in [4.78, 5) is 4.80. The molecular weight excluding hydrogens is 589 g/mol. The third-order valence-electron chi connectivity index (χ3n) is 9.23. The molecule has 0 bridgehead atoms. The van der Waals surface area contributed by atoms with E-state index in [9.17, 15) is 0 Å². The average Bonchev–Trinajstić information content (AvgIpc) is 3.55.